The summed E-state index contributed by atoms with van der Waals surface area (Å²) in [7, 11) is 1.72. The third-order valence-electron chi connectivity index (χ3n) is 2.23. The lowest BCUT2D eigenvalue weighted by Crippen LogP contribution is -2.45. The van der Waals surface area contributed by atoms with E-state index in [0.717, 1.165) is 0 Å². The summed E-state index contributed by atoms with van der Waals surface area (Å²) in [4.78, 5) is 26.2. The molecule has 1 rings (SSSR count). The molecule has 100 valence electrons. The fourth-order valence-electron chi connectivity index (χ4n) is 1.38. The zero-order chi connectivity index (χ0) is 13.5. The molecular formula is C10H17N5O3. The van der Waals surface area contributed by atoms with E-state index >= 15 is 0 Å². The van der Waals surface area contributed by atoms with Gasteiger partial charge in [0, 0.05) is 7.05 Å². The lowest BCUT2D eigenvalue weighted by atomic mass is 10.2. The van der Waals surface area contributed by atoms with Gasteiger partial charge in [-0.3, -0.25) is 4.68 Å². The van der Waals surface area contributed by atoms with Crippen LogP contribution in [0.25, 0.3) is 0 Å². The van der Waals surface area contributed by atoms with Crippen LogP contribution < -0.4 is 10.6 Å². The van der Waals surface area contributed by atoms with Crippen LogP contribution in [-0.4, -0.2) is 37.9 Å². The number of hydrogen-bond donors (Lipinski definition) is 3. The van der Waals surface area contributed by atoms with Crippen LogP contribution in [0.4, 0.5) is 4.79 Å². The summed E-state index contributed by atoms with van der Waals surface area (Å²) in [5.41, 5.74) is 0. The number of aromatic nitrogens is 3. The van der Waals surface area contributed by atoms with E-state index in [-0.39, 0.29) is 6.54 Å². The van der Waals surface area contributed by atoms with Crippen molar-refractivity contribution in [2.24, 2.45) is 7.05 Å². The molecule has 1 aromatic heterocycles. The van der Waals surface area contributed by atoms with Crippen molar-refractivity contribution in [1.82, 2.24) is 25.4 Å². The maximum atomic E-state index is 11.5. The van der Waals surface area contributed by atoms with Gasteiger partial charge in [0.15, 0.2) is 5.82 Å². The minimum absolute atomic E-state index is 0.158. The number of carboxylic acids is 1. The van der Waals surface area contributed by atoms with Crippen LogP contribution in [0.15, 0.2) is 6.33 Å². The summed E-state index contributed by atoms with van der Waals surface area (Å²) in [5, 5.41) is 17.7. The van der Waals surface area contributed by atoms with Gasteiger partial charge in [0.25, 0.3) is 0 Å². The Morgan fingerprint density at radius 1 is 1.56 bits per heavy atom. The number of carboxylic acid groups (broad SMARTS) is 1. The number of aliphatic carboxylic acids is 1. The SMILES string of the molecule is CCC[C@H](NC(=O)NCc1ncn(C)n1)C(=O)O. The third kappa shape index (κ3) is 4.40. The molecule has 1 atom stereocenters. The molecule has 0 aliphatic heterocycles. The van der Waals surface area contributed by atoms with Gasteiger partial charge in [-0.25, -0.2) is 14.6 Å². The minimum atomic E-state index is -1.04. The molecule has 0 aliphatic carbocycles. The first kappa shape index (κ1) is 13.9. The highest BCUT2D eigenvalue weighted by atomic mass is 16.4. The van der Waals surface area contributed by atoms with E-state index in [1.54, 1.807) is 7.05 Å². The van der Waals surface area contributed by atoms with Crippen LogP contribution in [0.5, 0.6) is 0 Å². The predicted octanol–water partition coefficient (Wildman–Crippen LogP) is -0.132. The first-order valence-electron chi connectivity index (χ1n) is 5.64. The van der Waals surface area contributed by atoms with Crippen LogP contribution in [0.2, 0.25) is 0 Å². The van der Waals surface area contributed by atoms with E-state index in [2.05, 4.69) is 20.7 Å². The monoisotopic (exact) mass is 255 g/mol. The normalized spacial score (nSPS) is 11.9. The fraction of sp³-hybridized carbons (Fsp3) is 0.600. The molecule has 0 unspecified atom stereocenters. The zero-order valence-corrected chi connectivity index (χ0v) is 10.4. The van der Waals surface area contributed by atoms with Gasteiger partial charge < -0.3 is 15.7 Å². The molecule has 0 spiro atoms. The number of hydrogen-bond acceptors (Lipinski definition) is 4. The number of rotatable bonds is 6. The van der Waals surface area contributed by atoms with Crippen LogP contribution >= 0.6 is 0 Å². The minimum Gasteiger partial charge on any atom is -0.480 e. The molecule has 2 amide bonds. The van der Waals surface area contributed by atoms with E-state index in [1.807, 2.05) is 6.92 Å². The van der Waals surface area contributed by atoms with E-state index < -0.39 is 18.0 Å². The first-order chi connectivity index (χ1) is 8.52. The molecule has 0 aliphatic rings. The fourth-order valence-corrected chi connectivity index (χ4v) is 1.38. The van der Waals surface area contributed by atoms with Crippen molar-refractivity contribution in [2.75, 3.05) is 0 Å². The quantitative estimate of drug-likeness (QED) is 0.656. The summed E-state index contributed by atoms with van der Waals surface area (Å²) in [5.74, 6) is -0.571. The van der Waals surface area contributed by atoms with Gasteiger partial charge in [-0.05, 0) is 6.42 Å². The van der Waals surface area contributed by atoms with Crippen molar-refractivity contribution >= 4 is 12.0 Å². The molecule has 3 N–H and O–H groups in total. The maximum Gasteiger partial charge on any atom is 0.326 e. The number of urea groups is 1. The topological polar surface area (TPSA) is 109 Å². The Kier molecular flexibility index (Phi) is 5.09. The Labute approximate surface area is 104 Å². The molecule has 1 heterocycles. The second-order valence-electron chi connectivity index (χ2n) is 3.84. The summed E-state index contributed by atoms with van der Waals surface area (Å²) >= 11 is 0. The molecule has 8 heteroatoms. The second-order valence-corrected chi connectivity index (χ2v) is 3.84. The van der Waals surface area contributed by atoms with Crippen molar-refractivity contribution in [3.8, 4) is 0 Å². The maximum absolute atomic E-state index is 11.5. The molecule has 18 heavy (non-hydrogen) atoms. The van der Waals surface area contributed by atoms with E-state index in [4.69, 9.17) is 5.11 Å². The Balaban J connectivity index is 2.38. The average Bonchev–Trinajstić information content (AvgIpc) is 2.72. The van der Waals surface area contributed by atoms with Crippen molar-refractivity contribution in [3.05, 3.63) is 12.2 Å². The molecular weight excluding hydrogens is 238 g/mol. The molecule has 0 bridgehead atoms. The van der Waals surface area contributed by atoms with E-state index in [1.165, 1.54) is 11.0 Å². The molecule has 0 saturated heterocycles. The molecule has 8 nitrogen and oxygen atoms in total. The van der Waals surface area contributed by atoms with Gasteiger partial charge in [0.1, 0.15) is 12.4 Å². The number of carbonyl (C=O) groups is 2. The number of aryl methyl sites for hydroxylation is 1. The smallest absolute Gasteiger partial charge is 0.326 e. The highest BCUT2D eigenvalue weighted by molar-refractivity contribution is 5.82. The zero-order valence-electron chi connectivity index (χ0n) is 10.4. The number of nitrogens with one attached hydrogen (secondary N) is 2. The van der Waals surface area contributed by atoms with Crippen molar-refractivity contribution < 1.29 is 14.7 Å². The largest absolute Gasteiger partial charge is 0.480 e. The predicted molar refractivity (Wildman–Crippen MR) is 62.7 cm³/mol. The Bertz CT molecular complexity index is 417. The van der Waals surface area contributed by atoms with Gasteiger partial charge in [-0.1, -0.05) is 13.3 Å². The van der Waals surface area contributed by atoms with Gasteiger partial charge >= 0.3 is 12.0 Å². The van der Waals surface area contributed by atoms with E-state index in [9.17, 15) is 9.59 Å². The lowest BCUT2D eigenvalue weighted by molar-refractivity contribution is -0.139. The molecule has 1 aromatic rings. The highest BCUT2D eigenvalue weighted by Crippen LogP contribution is 1.96. The number of amides is 2. The summed E-state index contributed by atoms with van der Waals surface area (Å²) in [6, 6.07) is -1.41. The molecule has 0 aromatic carbocycles. The number of carbonyl (C=O) groups excluding carboxylic acids is 1. The average molecular weight is 255 g/mol. The highest BCUT2D eigenvalue weighted by Gasteiger charge is 2.18. The number of nitrogens with zero attached hydrogens (tertiary/aromatic N) is 3. The van der Waals surface area contributed by atoms with Gasteiger partial charge in [0.2, 0.25) is 0 Å². The second kappa shape index (κ2) is 6.58. The summed E-state index contributed by atoms with van der Waals surface area (Å²) in [6.45, 7) is 2.01. The Morgan fingerprint density at radius 2 is 2.28 bits per heavy atom. The molecule has 0 saturated carbocycles. The summed E-state index contributed by atoms with van der Waals surface area (Å²) < 4.78 is 1.52. The van der Waals surface area contributed by atoms with Gasteiger partial charge in [-0.15, -0.1) is 0 Å². The van der Waals surface area contributed by atoms with Crippen molar-refractivity contribution in [2.45, 2.75) is 32.4 Å². The van der Waals surface area contributed by atoms with Crippen LogP contribution in [0, 0.1) is 0 Å². The lowest BCUT2D eigenvalue weighted by Gasteiger charge is -2.13. The van der Waals surface area contributed by atoms with Crippen LogP contribution in [-0.2, 0) is 18.4 Å². The van der Waals surface area contributed by atoms with Gasteiger partial charge in [0.05, 0.1) is 6.54 Å². The van der Waals surface area contributed by atoms with Crippen LogP contribution in [0.3, 0.4) is 0 Å². The summed E-state index contributed by atoms with van der Waals surface area (Å²) in [6.07, 6.45) is 2.59. The van der Waals surface area contributed by atoms with Crippen LogP contribution in [0.1, 0.15) is 25.6 Å². The van der Waals surface area contributed by atoms with Gasteiger partial charge in [-0.2, -0.15) is 5.10 Å². The van der Waals surface area contributed by atoms with Crippen molar-refractivity contribution in [1.29, 1.82) is 0 Å². The Hall–Kier alpha value is -2.12. The first-order valence-corrected chi connectivity index (χ1v) is 5.64. The molecule has 0 fully saturated rings. The Morgan fingerprint density at radius 3 is 2.78 bits per heavy atom. The standard InChI is InChI=1S/C10H17N5O3/c1-3-4-7(9(16)17)13-10(18)11-5-8-12-6-15(2)14-8/h6-7H,3-5H2,1-2H3,(H,16,17)(H2,11,13,18)/t7-/m0/s1. The molecule has 0 radical (unpaired) electrons. The third-order valence-corrected chi connectivity index (χ3v) is 2.23. The van der Waals surface area contributed by atoms with Crippen molar-refractivity contribution in [3.63, 3.8) is 0 Å². The van der Waals surface area contributed by atoms with E-state index in [0.29, 0.717) is 18.7 Å².